The summed E-state index contributed by atoms with van der Waals surface area (Å²) in [6.07, 6.45) is 2.00. The van der Waals surface area contributed by atoms with Crippen molar-refractivity contribution in [2.24, 2.45) is 0 Å². The lowest BCUT2D eigenvalue weighted by atomic mass is 10.2. The van der Waals surface area contributed by atoms with Crippen molar-refractivity contribution >= 4 is 23.4 Å². The van der Waals surface area contributed by atoms with Gasteiger partial charge in [-0.1, -0.05) is 12.1 Å². The summed E-state index contributed by atoms with van der Waals surface area (Å²) in [5, 5.41) is 5.76. The lowest BCUT2D eigenvalue weighted by molar-refractivity contribution is 0.0601. The molecule has 1 aromatic heterocycles. The molecule has 1 aromatic carbocycles. The third-order valence-corrected chi connectivity index (χ3v) is 3.31. The van der Waals surface area contributed by atoms with E-state index >= 15 is 0 Å². The van der Waals surface area contributed by atoms with Crippen LogP contribution in [0.15, 0.2) is 36.7 Å². The van der Waals surface area contributed by atoms with E-state index < -0.39 is 5.97 Å². The molecule has 8 heteroatoms. The van der Waals surface area contributed by atoms with Crippen molar-refractivity contribution in [1.29, 1.82) is 0 Å². The zero-order chi connectivity index (χ0) is 18.1. The number of benzene rings is 1. The minimum absolute atomic E-state index is 0.227. The highest BCUT2D eigenvalue weighted by Crippen LogP contribution is 2.20. The highest BCUT2D eigenvalue weighted by Gasteiger charge is 2.13. The molecule has 2 rings (SSSR count). The second-order valence-corrected chi connectivity index (χ2v) is 5.05. The number of esters is 1. The number of nitrogens with one attached hydrogen (secondary N) is 2. The third-order valence-electron chi connectivity index (χ3n) is 3.31. The average Bonchev–Trinajstić information content (AvgIpc) is 2.65. The Morgan fingerprint density at radius 3 is 2.72 bits per heavy atom. The van der Waals surface area contributed by atoms with E-state index in [1.165, 1.54) is 19.5 Å². The maximum Gasteiger partial charge on any atom is 0.339 e. The van der Waals surface area contributed by atoms with Crippen molar-refractivity contribution in [3.63, 3.8) is 0 Å². The molecule has 0 aliphatic carbocycles. The fraction of sp³-hybridized carbons (Fsp3) is 0.294. The molecule has 25 heavy (non-hydrogen) atoms. The largest absolute Gasteiger partial charge is 0.465 e. The highest BCUT2D eigenvalue weighted by atomic mass is 16.5. The minimum atomic E-state index is -0.465. The quantitative estimate of drug-likeness (QED) is 0.556. The number of nitrogens with zero attached hydrogens (tertiary/aromatic N) is 2. The maximum absolute atomic E-state index is 12.1. The molecule has 0 fully saturated rings. The zero-order valence-corrected chi connectivity index (χ0v) is 14.1. The summed E-state index contributed by atoms with van der Waals surface area (Å²) in [5.74, 6) is -0.371. The van der Waals surface area contributed by atoms with Crippen LogP contribution >= 0.6 is 0 Å². The molecular formula is C17H20N4O4. The van der Waals surface area contributed by atoms with Gasteiger partial charge in [-0.25, -0.2) is 14.8 Å². The van der Waals surface area contributed by atoms with Crippen molar-refractivity contribution in [1.82, 2.24) is 15.3 Å². The normalized spacial score (nSPS) is 10.2. The molecule has 2 N–H and O–H groups in total. The van der Waals surface area contributed by atoms with E-state index in [9.17, 15) is 9.59 Å². The summed E-state index contributed by atoms with van der Waals surface area (Å²) < 4.78 is 9.68. The number of carbonyl (C=O) groups excluding carboxylic acids is 2. The summed E-state index contributed by atoms with van der Waals surface area (Å²) in [4.78, 5) is 31.9. The van der Waals surface area contributed by atoms with E-state index in [1.807, 2.05) is 0 Å². The number of hydrogen-bond donors (Lipinski definition) is 2. The van der Waals surface area contributed by atoms with Crippen molar-refractivity contribution in [2.45, 2.75) is 6.42 Å². The van der Waals surface area contributed by atoms with Crippen LogP contribution in [-0.4, -0.2) is 49.2 Å². The van der Waals surface area contributed by atoms with E-state index in [1.54, 1.807) is 31.4 Å². The second-order valence-electron chi connectivity index (χ2n) is 5.05. The molecule has 0 bridgehead atoms. The smallest absolute Gasteiger partial charge is 0.339 e. The minimum Gasteiger partial charge on any atom is -0.465 e. The Bertz CT molecular complexity index is 736. The number of methoxy groups -OCH3 is 2. The molecular weight excluding hydrogens is 324 g/mol. The molecule has 132 valence electrons. The van der Waals surface area contributed by atoms with E-state index in [0.29, 0.717) is 36.6 Å². The van der Waals surface area contributed by atoms with Gasteiger partial charge in [0.2, 0.25) is 0 Å². The van der Waals surface area contributed by atoms with E-state index in [0.717, 1.165) is 0 Å². The molecule has 0 saturated heterocycles. The van der Waals surface area contributed by atoms with Crippen LogP contribution in [0, 0.1) is 0 Å². The Balaban J connectivity index is 2.09. The number of carbonyl (C=O) groups is 2. The number of hydrogen-bond acceptors (Lipinski definition) is 7. The SMILES string of the molecule is COCCCNC(=O)c1cc(Nc2ccccc2C(=O)OC)ncn1. The predicted octanol–water partition coefficient (Wildman–Crippen LogP) is 1.77. The van der Waals surface area contributed by atoms with Crippen molar-refractivity contribution in [2.75, 3.05) is 32.7 Å². The number of anilines is 2. The summed E-state index contributed by atoms with van der Waals surface area (Å²) in [6.45, 7) is 1.06. The van der Waals surface area contributed by atoms with Gasteiger partial charge in [-0.3, -0.25) is 4.79 Å². The van der Waals surface area contributed by atoms with Crippen LogP contribution in [0.4, 0.5) is 11.5 Å². The lowest BCUT2D eigenvalue weighted by Gasteiger charge is -2.10. The molecule has 0 atom stereocenters. The molecule has 0 aliphatic rings. The fourth-order valence-corrected chi connectivity index (χ4v) is 2.08. The van der Waals surface area contributed by atoms with Gasteiger partial charge < -0.3 is 20.1 Å². The van der Waals surface area contributed by atoms with E-state index in [2.05, 4.69) is 20.6 Å². The monoisotopic (exact) mass is 344 g/mol. The number of amides is 1. The summed E-state index contributed by atoms with van der Waals surface area (Å²) in [7, 11) is 2.92. The fourth-order valence-electron chi connectivity index (χ4n) is 2.08. The van der Waals surface area contributed by atoms with Crippen LogP contribution in [0.5, 0.6) is 0 Å². The predicted molar refractivity (Wildman–Crippen MR) is 91.9 cm³/mol. The number of rotatable bonds is 8. The summed E-state index contributed by atoms with van der Waals surface area (Å²) in [5.41, 5.74) is 1.12. The maximum atomic E-state index is 12.1. The van der Waals surface area contributed by atoms with Crippen LogP contribution in [0.1, 0.15) is 27.3 Å². The zero-order valence-electron chi connectivity index (χ0n) is 14.1. The molecule has 2 aromatic rings. The van der Waals surface area contributed by atoms with Crippen LogP contribution < -0.4 is 10.6 Å². The van der Waals surface area contributed by atoms with E-state index in [-0.39, 0.29) is 11.6 Å². The molecule has 1 heterocycles. The van der Waals surface area contributed by atoms with Gasteiger partial charge in [-0.2, -0.15) is 0 Å². The van der Waals surface area contributed by atoms with Crippen LogP contribution in [0.2, 0.25) is 0 Å². The molecule has 1 amide bonds. The van der Waals surface area contributed by atoms with Gasteiger partial charge in [0.1, 0.15) is 17.8 Å². The first-order chi connectivity index (χ1) is 12.2. The second kappa shape index (κ2) is 9.33. The summed E-state index contributed by atoms with van der Waals surface area (Å²) in [6, 6.07) is 8.38. The molecule has 0 unspecified atom stereocenters. The number of aromatic nitrogens is 2. The Labute approximate surface area is 145 Å². The standard InChI is InChI=1S/C17H20N4O4/c1-24-9-5-8-18-16(22)14-10-15(20-11-19-14)21-13-7-4-3-6-12(13)17(23)25-2/h3-4,6-7,10-11H,5,8-9H2,1-2H3,(H,18,22)(H,19,20,21). The van der Waals surface area contributed by atoms with Crippen molar-refractivity contribution in [3.8, 4) is 0 Å². The molecule has 0 spiro atoms. The first-order valence-corrected chi connectivity index (χ1v) is 7.69. The Hall–Kier alpha value is -3.00. The first-order valence-electron chi connectivity index (χ1n) is 7.69. The Morgan fingerprint density at radius 1 is 1.16 bits per heavy atom. The molecule has 8 nitrogen and oxygen atoms in total. The van der Waals surface area contributed by atoms with Gasteiger partial charge in [0.05, 0.1) is 18.4 Å². The Kier molecular flexibility index (Phi) is 6.85. The third kappa shape index (κ3) is 5.25. The van der Waals surface area contributed by atoms with Gasteiger partial charge in [0.25, 0.3) is 5.91 Å². The number of ether oxygens (including phenoxy) is 2. The van der Waals surface area contributed by atoms with Gasteiger partial charge >= 0.3 is 5.97 Å². The molecule has 0 saturated carbocycles. The van der Waals surface area contributed by atoms with Crippen LogP contribution in [0.25, 0.3) is 0 Å². The topological polar surface area (TPSA) is 102 Å². The summed E-state index contributed by atoms with van der Waals surface area (Å²) >= 11 is 0. The van der Waals surface area contributed by atoms with Gasteiger partial charge in [0.15, 0.2) is 0 Å². The molecule has 0 aliphatic heterocycles. The van der Waals surface area contributed by atoms with Gasteiger partial charge in [-0.05, 0) is 18.6 Å². The number of para-hydroxylation sites is 1. The van der Waals surface area contributed by atoms with Gasteiger partial charge in [0, 0.05) is 26.3 Å². The first kappa shape index (κ1) is 18.3. The van der Waals surface area contributed by atoms with E-state index in [4.69, 9.17) is 9.47 Å². The van der Waals surface area contributed by atoms with Crippen LogP contribution in [0.3, 0.4) is 0 Å². The Morgan fingerprint density at radius 2 is 1.96 bits per heavy atom. The van der Waals surface area contributed by atoms with Gasteiger partial charge in [-0.15, -0.1) is 0 Å². The molecule has 0 radical (unpaired) electrons. The van der Waals surface area contributed by atoms with Crippen molar-refractivity contribution < 1.29 is 19.1 Å². The van der Waals surface area contributed by atoms with Crippen molar-refractivity contribution in [3.05, 3.63) is 47.9 Å². The lowest BCUT2D eigenvalue weighted by Crippen LogP contribution is -2.26. The van der Waals surface area contributed by atoms with Crippen LogP contribution in [-0.2, 0) is 9.47 Å². The average molecular weight is 344 g/mol. The highest BCUT2D eigenvalue weighted by molar-refractivity contribution is 5.96.